The van der Waals surface area contributed by atoms with Gasteiger partial charge in [0.25, 0.3) is 0 Å². The second-order valence-corrected chi connectivity index (χ2v) is 3.30. The Bertz CT molecular complexity index is 320. The van der Waals surface area contributed by atoms with E-state index in [0.29, 0.717) is 0 Å². The van der Waals surface area contributed by atoms with Crippen LogP contribution in [0, 0.1) is 0 Å². The maximum Gasteiger partial charge on any atom is 0.410 e. The quantitative estimate of drug-likeness (QED) is 0.442. The van der Waals surface area contributed by atoms with E-state index < -0.39 is 43.2 Å². The first-order valence-corrected chi connectivity index (χ1v) is 5.07. The predicted molar refractivity (Wildman–Crippen MR) is 49.1 cm³/mol. The Kier molecular flexibility index (Phi) is 5.63. The van der Waals surface area contributed by atoms with Gasteiger partial charge in [0.15, 0.2) is 0 Å². The maximum absolute atomic E-state index is 13.1. The molecule has 0 amide bonds. The number of hydrogen-bond donors (Lipinski definition) is 1. The van der Waals surface area contributed by atoms with Crippen LogP contribution in [0.4, 0.5) is 26.3 Å². The highest BCUT2D eigenvalue weighted by atomic mass is 19.3. The Balaban J connectivity index is 5.38. The molecule has 0 saturated heterocycles. The monoisotopic (exact) mass is 298 g/mol. The van der Waals surface area contributed by atoms with E-state index in [-0.39, 0.29) is 0 Å². The van der Waals surface area contributed by atoms with Crippen LogP contribution in [0.1, 0.15) is 13.8 Å². The summed E-state index contributed by atoms with van der Waals surface area (Å²) in [6, 6.07) is 0. The van der Waals surface area contributed by atoms with E-state index in [0.717, 1.165) is 13.8 Å². The van der Waals surface area contributed by atoms with Gasteiger partial charge in [0.2, 0.25) is 6.29 Å². The molecule has 1 atom stereocenters. The van der Waals surface area contributed by atoms with E-state index in [9.17, 15) is 31.1 Å². The number of ether oxygens (including phenoxy) is 2. The number of carbonyl (C=O) groups is 1. The molecular formula is C9H12F6O4. The summed E-state index contributed by atoms with van der Waals surface area (Å²) in [5.41, 5.74) is 0. The van der Waals surface area contributed by atoms with Crippen molar-refractivity contribution in [1.29, 1.82) is 0 Å². The SMILES string of the molecule is CCOC(=O)C(F)(F)C(F)(F)C(F)(F)C(O)OCC. The van der Waals surface area contributed by atoms with Crippen LogP contribution in [0.15, 0.2) is 0 Å². The van der Waals surface area contributed by atoms with Gasteiger partial charge in [-0.1, -0.05) is 0 Å². The summed E-state index contributed by atoms with van der Waals surface area (Å²) in [6.45, 7) is 0.766. The highest BCUT2D eigenvalue weighted by molar-refractivity contribution is 5.79. The molecule has 10 heteroatoms. The van der Waals surface area contributed by atoms with Crippen molar-refractivity contribution in [3.8, 4) is 0 Å². The highest BCUT2D eigenvalue weighted by Gasteiger charge is 2.78. The number of carbonyl (C=O) groups excluding carboxylic acids is 1. The molecule has 0 aromatic heterocycles. The molecule has 0 fully saturated rings. The Morgan fingerprint density at radius 1 is 1.11 bits per heavy atom. The summed E-state index contributed by atoms with van der Waals surface area (Å²) in [7, 11) is 0. The normalized spacial score (nSPS) is 15.2. The third-order valence-electron chi connectivity index (χ3n) is 1.98. The lowest BCUT2D eigenvalue weighted by atomic mass is 10.0. The fraction of sp³-hybridized carbons (Fsp3) is 0.889. The minimum absolute atomic E-state index is 0.627. The van der Waals surface area contributed by atoms with Crippen molar-refractivity contribution < 1.29 is 45.7 Å². The molecule has 0 aliphatic rings. The third kappa shape index (κ3) is 3.11. The molecule has 19 heavy (non-hydrogen) atoms. The molecular weight excluding hydrogens is 286 g/mol. The average Bonchev–Trinajstić information content (AvgIpc) is 2.28. The zero-order valence-electron chi connectivity index (χ0n) is 9.93. The van der Waals surface area contributed by atoms with Gasteiger partial charge in [-0.2, -0.15) is 26.3 Å². The van der Waals surface area contributed by atoms with Crippen molar-refractivity contribution in [1.82, 2.24) is 0 Å². The number of alkyl halides is 6. The molecule has 0 aromatic carbocycles. The van der Waals surface area contributed by atoms with E-state index in [2.05, 4.69) is 9.47 Å². The number of hydrogen-bond acceptors (Lipinski definition) is 4. The van der Waals surface area contributed by atoms with Gasteiger partial charge in [0.05, 0.1) is 6.61 Å². The minimum Gasteiger partial charge on any atom is -0.461 e. The standard InChI is InChI=1S/C9H12F6O4/c1-3-18-5(16)7(10,11)9(14,15)8(12,13)6(17)19-4-2/h5,16H,3-4H2,1-2H3. The molecule has 0 saturated carbocycles. The van der Waals surface area contributed by atoms with Gasteiger partial charge in [-0.05, 0) is 13.8 Å². The van der Waals surface area contributed by atoms with Gasteiger partial charge in [-0.25, -0.2) is 4.79 Å². The Labute approximate surface area is 104 Å². The number of rotatable bonds is 7. The van der Waals surface area contributed by atoms with Crippen LogP contribution in [0.5, 0.6) is 0 Å². The van der Waals surface area contributed by atoms with Gasteiger partial charge >= 0.3 is 23.7 Å². The lowest BCUT2D eigenvalue weighted by Crippen LogP contribution is -2.63. The molecule has 114 valence electrons. The predicted octanol–water partition coefficient (Wildman–Crippen LogP) is 1.81. The summed E-state index contributed by atoms with van der Waals surface area (Å²) in [6.07, 6.45) is -3.49. The average molecular weight is 298 g/mol. The van der Waals surface area contributed by atoms with E-state index in [1.165, 1.54) is 0 Å². The highest BCUT2D eigenvalue weighted by Crippen LogP contribution is 2.48. The van der Waals surface area contributed by atoms with Crippen LogP contribution >= 0.6 is 0 Å². The molecule has 0 heterocycles. The summed E-state index contributed by atoms with van der Waals surface area (Å²) >= 11 is 0. The van der Waals surface area contributed by atoms with Crippen molar-refractivity contribution in [2.24, 2.45) is 0 Å². The first kappa shape index (κ1) is 18.0. The van der Waals surface area contributed by atoms with Crippen molar-refractivity contribution in [3.63, 3.8) is 0 Å². The van der Waals surface area contributed by atoms with Crippen LogP contribution in [0.25, 0.3) is 0 Å². The van der Waals surface area contributed by atoms with Gasteiger partial charge in [-0.15, -0.1) is 0 Å². The van der Waals surface area contributed by atoms with Crippen LogP contribution in [0.3, 0.4) is 0 Å². The zero-order valence-corrected chi connectivity index (χ0v) is 9.93. The number of aliphatic hydroxyl groups excluding tert-OH is 1. The zero-order chi connectivity index (χ0) is 15.5. The van der Waals surface area contributed by atoms with E-state index >= 15 is 0 Å². The maximum atomic E-state index is 13.1. The Morgan fingerprint density at radius 2 is 1.58 bits per heavy atom. The minimum atomic E-state index is -6.18. The van der Waals surface area contributed by atoms with Crippen molar-refractivity contribution in [3.05, 3.63) is 0 Å². The molecule has 0 aromatic rings. The summed E-state index contributed by atoms with van der Waals surface area (Å²) < 4.78 is 85.7. The molecule has 1 N–H and O–H groups in total. The van der Waals surface area contributed by atoms with Gasteiger partial charge in [0, 0.05) is 6.61 Å². The van der Waals surface area contributed by atoms with Crippen LogP contribution < -0.4 is 0 Å². The van der Waals surface area contributed by atoms with Crippen molar-refractivity contribution >= 4 is 5.97 Å². The smallest absolute Gasteiger partial charge is 0.410 e. The lowest BCUT2D eigenvalue weighted by Gasteiger charge is -2.33. The topological polar surface area (TPSA) is 55.8 Å². The molecule has 0 rings (SSSR count). The first-order valence-electron chi connectivity index (χ1n) is 5.07. The fourth-order valence-corrected chi connectivity index (χ4v) is 0.977. The Hall–Kier alpha value is -1.03. The second-order valence-electron chi connectivity index (χ2n) is 3.30. The van der Waals surface area contributed by atoms with Crippen LogP contribution in [-0.4, -0.2) is 48.3 Å². The fourth-order valence-electron chi connectivity index (χ4n) is 0.977. The molecule has 0 radical (unpaired) electrons. The van der Waals surface area contributed by atoms with Crippen LogP contribution in [0.2, 0.25) is 0 Å². The van der Waals surface area contributed by atoms with E-state index in [4.69, 9.17) is 5.11 Å². The molecule has 0 spiro atoms. The Morgan fingerprint density at radius 3 is 1.95 bits per heavy atom. The summed E-state index contributed by atoms with van der Waals surface area (Å²) in [5.74, 6) is -20.5. The van der Waals surface area contributed by atoms with E-state index in [1.807, 2.05) is 0 Å². The number of aliphatic hydroxyl groups is 1. The van der Waals surface area contributed by atoms with Gasteiger partial charge in [-0.3, -0.25) is 0 Å². The molecule has 0 bridgehead atoms. The van der Waals surface area contributed by atoms with Gasteiger partial charge < -0.3 is 14.6 Å². The molecule has 0 aliphatic carbocycles. The van der Waals surface area contributed by atoms with E-state index in [1.54, 1.807) is 0 Å². The largest absolute Gasteiger partial charge is 0.461 e. The third-order valence-corrected chi connectivity index (χ3v) is 1.98. The summed E-state index contributed by atoms with van der Waals surface area (Å²) in [5, 5.41) is 8.65. The first-order chi connectivity index (χ1) is 8.46. The molecule has 0 aliphatic heterocycles. The molecule has 1 unspecified atom stereocenters. The number of halogens is 6. The number of esters is 1. The molecule has 4 nitrogen and oxygen atoms in total. The van der Waals surface area contributed by atoms with Gasteiger partial charge in [0.1, 0.15) is 0 Å². The summed E-state index contributed by atoms with van der Waals surface area (Å²) in [4.78, 5) is 10.6. The van der Waals surface area contributed by atoms with Crippen molar-refractivity contribution in [2.75, 3.05) is 13.2 Å². The second kappa shape index (κ2) is 5.95. The lowest BCUT2D eigenvalue weighted by molar-refractivity contribution is -0.361. The van der Waals surface area contributed by atoms with Crippen LogP contribution in [-0.2, 0) is 14.3 Å². The van der Waals surface area contributed by atoms with Crippen molar-refractivity contribution in [2.45, 2.75) is 37.9 Å².